The van der Waals surface area contributed by atoms with E-state index in [9.17, 15) is 9.59 Å². The number of carbonyl (C=O) groups excluding carboxylic acids is 1. The van der Waals surface area contributed by atoms with Crippen LogP contribution in [0.1, 0.15) is 13.0 Å². The minimum Gasteiger partial charge on any atom is -0.497 e. The Morgan fingerprint density at radius 3 is 2.77 bits per heavy atom. The second kappa shape index (κ2) is 7.60. The van der Waals surface area contributed by atoms with Crippen molar-refractivity contribution in [1.29, 1.82) is 0 Å². The first kappa shape index (κ1) is 17.3. The average molecular weight is 350 g/mol. The van der Waals surface area contributed by atoms with E-state index in [-0.39, 0.29) is 11.5 Å². The number of aromatic nitrogens is 3. The molecule has 3 rings (SSSR count). The summed E-state index contributed by atoms with van der Waals surface area (Å²) in [5.41, 5.74) is 1.56. The van der Waals surface area contributed by atoms with E-state index >= 15 is 0 Å². The Labute approximate surface area is 150 Å². The van der Waals surface area contributed by atoms with Gasteiger partial charge in [0.25, 0.3) is 5.56 Å². The standard InChI is InChI=1S/C19H18N4O3/c1-13(19(25)21-15-6-3-7-16(11-15)26-2)23-18(24)9-8-17(22-23)14-5-4-10-20-12-14/h3-13H,1-2H3,(H,21,25). The number of amides is 1. The van der Waals surface area contributed by atoms with Gasteiger partial charge < -0.3 is 10.1 Å². The summed E-state index contributed by atoms with van der Waals surface area (Å²) >= 11 is 0. The highest BCUT2D eigenvalue weighted by atomic mass is 16.5. The van der Waals surface area contributed by atoms with E-state index in [1.807, 2.05) is 6.07 Å². The highest BCUT2D eigenvalue weighted by Gasteiger charge is 2.18. The number of nitrogens with zero attached hydrogens (tertiary/aromatic N) is 3. The third kappa shape index (κ3) is 3.77. The summed E-state index contributed by atoms with van der Waals surface area (Å²) in [6.45, 7) is 1.62. The lowest BCUT2D eigenvalue weighted by Crippen LogP contribution is -2.33. The van der Waals surface area contributed by atoms with Crippen molar-refractivity contribution in [2.24, 2.45) is 0 Å². The van der Waals surface area contributed by atoms with Crippen LogP contribution >= 0.6 is 0 Å². The van der Waals surface area contributed by atoms with Gasteiger partial charge in [-0.15, -0.1) is 0 Å². The van der Waals surface area contributed by atoms with E-state index in [1.54, 1.807) is 62.8 Å². The zero-order valence-electron chi connectivity index (χ0n) is 14.4. The quantitative estimate of drug-likeness (QED) is 0.764. The number of nitrogens with one attached hydrogen (secondary N) is 1. The first-order chi connectivity index (χ1) is 12.6. The summed E-state index contributed by atoms with van der Waals surface area (Å²) in [5, 5.41) is 7.09. The van der Waals surface area contributed by atoms with Gasteiger partial charge in [0.2, 0.25) is 5.91 Å². The molecule has 0 radical (unpaired) electrons. The number of pyridine rings is 1. The predicted octanol–water partition coefficient (Wildman–Crippen LogP) is 2.51. The van der Waals surface area contributed by atoms with E-state index < -0.39 is 6.04 Å². The van der Waals surface area contributed by atoms with Crippen molar-refractivity contribution >= 4 is 11.6 Å². The van der Waals surface area contributed by atoms with Crippen molar-refractivity contribution in [3.63, 3.8) is 0 Å². The number of rotatable bonds is 5. The fourth-order valence-corrected chi connectivity index (χ4v) is 2.43. The van der Waals surface area contributed by atoms with Crippen molar-refractivity contribution in [2.75, 3.05) is 12.4 Å². The second-order valence-electron chi connectivity index (χ2n) is 5.64. The third-order valence-corrected chi connectivity index (χ3v) is 3.87. The zero-order chi connectivity index (χ0) is 18.5. The highest BCUT2D eigenvalue weighted by Crippen LogP contribution is 2.18. The minimum atomic E-state index is -0.787. The Bertz CT molecular complexity index is 970. The molecule has 0 spiro atoms. The van der Waals surface area contributed by atoms with Crippen LogP contribution in [0.2, 0.25) is 0 Å². The lowest BCUT2D eigenvalue weighted by atomic mass is 10.2. The molecule has 0 aliphatic rings. The van der Waals surface area contributed by atoms with Crippen LogP contribution in [0.25, 0.3) is 11.3 Å². The van der Waals surface area contributed by atoms with Crippen molar-refractivity contribution in [3.05, 3.63) is 71.3 Å². The van der Waals surface area contributed by atoms with Crippen molar-refractivity contribution < 1.29 is 9.53 Å². The molecule has 1 atom stereocenters. The Balaban J connectivity index is 1.85. The van der Waals surface area contributed by atoms with Gasteiger partial charge in [0.05, 0.1) is 12.8 Å². The molecule has 0 saturated carbocycles. The second-order valence-corrected chi connectivity index (χ2v) is 5.64. The summed E-state index contributed by atoms with van der Waals surface area (Å²) < 4.78 is 6.31. The summed E-state index contributed by atoms with van der Waals surface area (Å²) in [4.78, 5) is 28.8. The van der Waals surface area contributed by atoms with Crippen LogP contribution in [0.5, 0.6) is 5.75 Å². The lowest BCUT2D eigenvalue weighted by molar-refractivity contribution is -0.119. The van der Waals surface area contributed by atoms with Crippen molar-refractivity contribution in [3.8, 4) is 17.0 Å². The molecule has 0 aliphatic carbocycles. The molecule has 1 amide bonds. The Morgan fingerprint density at radius 2 is 2.04 bits per heavy atom. The number of anilines is 1. The molecular weight excluding hydrogens is 332 g/mol. The lowest BCUT2D eigenvalue weighted by Gasteiger charge is -2.15. The number of methoxy groups -OCH3 is 1. The van der Waals surface area contributed by atoms with Gasteiger partial charge in [-0.1, -0.05) is 6.07 Å². The van der Waals surface area contributed by atoms with E-state index in [0.717, 1.165) is 10.2 Å². The molecule has 132 valence electrons. The van der Waals surface area contributed by atoms with Gasteiger partial charge >= 0.3 is 0 Å². The van der Waals surface area contributed by atoms with Gasteiger partial charge in [-0.3, -0.25) is 14.6 Å². The fraction of sp³-hybridized carbons (Fsp3) is 0.158. The summed E-state index contributed by atoms with van der Waals surface area (Å²) in [5.74, 6) is 0.278. The number of benzene rings is 1. The Morgan fingerprint density at radius 1 is 1.19 bits per heavy atom. The molecule has 0 bridgehead atoms. The van der Waals surface area contributed by atoms with Gasteiger partial charge in [-0.2, -0.15) is 5.10 Å². The summed E-state index contributed by atoms with van der Waals surface area (Å²) in [7, 11) is 1.55. The SMILES string of the molecule is COc1cccc(NC(=O)C(C)n2nc(-c3cccnc3)ccc2=O)c1. The zero-order valence-corrected chi connectivity index (χ0v) is 14.4. The topological polar surface area (TPSA) is 86.1 Å². The minimum absolute atomic E-state index is 0.351. The maximum Gasteiger partial charge on any atom is 0.267 e. The molecule has 1 N–H and O–H groups in total. The van der Waals surface area contributed by atoms with Gasteiger partial charge in [-0.25, -0.2) is 4.68 Å². The van der Waals surface area contributed by atoms with Gasteiger partial charge in [0.1, 0.15) is 11.8 Å². The van der Waals surface area contributed by atoms with Crippen LogP contribution in [0.4, 0.5) is 5.69 Å². The molecule has 0 fully saturated rings. The Hall–Kier alpha value is -3.48. The molecule has 1 unspecified atom stereocenters. The highest BCUT2D eigenvalue weighted by molar-refractivity contribution is 5.93. The van der Waals surface area contributed by atoms with Gasteiger partial charge in [-0.05, 0) is 37.3 Å². The molecule has 2 aromatic heterocycles. The molecule has 0 saturated heterocycles. The number of carbonyl (C=O) groups is 1. The third-order valence-electron chi connectivity index (χ3n) is 3.87. The van der Waals surface area contributed by atoms with Crippen LogP contribution in [0.15, 0.2) is 65.7 Å². The molecule has 0 aliphatic heterocycles. The number of hydrogen-bond acceptors (Lipinski definition) is 5. The van der Waals surface area contributed by atoms with Crippen LogP contribution in [0, 0.1) is 0 Å². The predicted molar refractivity (Wildman–Crippen MR) is 98.1 cm³/mol. The number of hydrogen-bond donors (Lipinski definition) is 1. The first-order valence-corrected chi connectivity index (χ1v) is 8.03. The Kier molecular flexibility index (Phi) is 5.07. The molecule has 3 aromatic rings. The molecule has 2 heterocycles. The number of ether oxygens (including phenoxy) is 1. The van der Waals surface area contributed by atoms with Gasteiger partial charge in [0, 0.05) is 35.8 Å². The molecule has 1 aromatic carbocycles. The smallest absolute Gasteiger partial charge is 0.267 e. The average Bonchev–Trinajstić information content (AvgIpc) is 2.68. The van der Waals surface area contributed by atoms with Gasteiger partial charge in [0.15, 0.2) is 0 Å². The van der Waals surface area contributed by atoms with Crippen molar-refractivity contribution in [1.82, 2.24) is 14.8 Å². The summed E-state index contributed by atoms with van der Waals surface area (Å²) in [6, 6.07) is 12.8. The van der Waals surface area contributed by atoms with Crippen LogP contribution < -0.4 is 15.6 Å². The van der Waals surface area contributed by atoms with E-state index in [1.165, 1.54) is 6.07 Å². The maximum absolute atomic E-state index is 12.5. The molecular formula is C19H18N4O3. The largest absolute Gasteiger partial charge is 0.497 e. The fourth-order valence-electron chi connectivity index (χ4n) is 2.43. The molecule has 7 nitrogen and oxygen atoms in total. The summed E-state index contributed by atoms with van der Waals surface area (Å²) in [6.07, 6.45) is 3.31. The van der Waals surface area contributed by atoms with Crippen LogP contribution in [-0.2, 0) is 4.79 Å². The van der Waals surface area contributed by atoms with E-state index in [2.05, 4.69) is 15.4 Å². The first-order valence-electron chi connectivity index (χ1n) is 8.03. The van der Waals surface area contributed by atoms with Crippen molar-refractivity contribution in [2.45, 2.75) is 13.0 Å². The molecule has 26 heavy (non-hydrogen) atoms. The van der Waals surface area contributed by atoms with E-state index in [4.69, 9.17) is 4.74 Å². The van der Waals surface area contributed by atoms with Crippen LogP contribution in [0.3, 0.4) is 0 Å². The maximum atomic E-state index is 12.5. The van der Waals surface area contributed by atoms with Crippen LogP contribution in [-0.4, -0.2) is 27.8 Å². The van der Waals surface area contributed by atoms with E-state index in [0.29, 0.717) is 17.1 Å². The monoisotopic (exact) mass is 350 g/mol. The normalized spacial score (nSPS) is 11.6. The molecule has 7 heteroatoms.